The van der Waals surface area contributed by atoms with E-state index in [2.05, 4.69) is 22.9 Å². The highest BCUT2D eigenvalue weighted by molar-refractivity contribution is 5.67. The largest absolute Gasteiger partial charge is 0.475 e. The number of hydrogen-bond acceptors (Lipinski definition) is 7. The Morgan fingerprint density at radius 2 is 2.09 bits per heavy atom. The van der Waals surface area contributed by atoms with Crippen LogP contribution in [0.1, 0.15) is 36.8 Å². The summed E-state index contributed by atoms with van der Waals surface area (Å²) < 4.78 is 24.0. The van der Waals surface area contributed by atoms with E-state index >= 15 is 0 Å². The van der Waals surface area contributed by atoms with Gasteiger partial charge >= 0.3 is 5.69 Å². The Bertz CT molecular complexity index is 1130. The summed E-state index contributed by atoms with van der Waals surface area (Å²) >= 11 is 0. The molecule has 0 spiro atoms. The number of aromatic nitrogens is 2. The standard InChI is InChI=1S/C26H30N2O6/c29-25-27-24(34-18-21-17-32-13-14-33-21)16-23-22-5-4-19(15-20(22)3-1-10-28(23)25)6-8-26(30)7-2-11-31-12-9-26/h4-5,15-16,21,30H,1-3,7,9-14,17-18H2/t21-,26?/m1/s1. The van der Waals surface area contributed by atoms with Crippen molar-refractivity contribution < 1.29 is 24.1 Å². The van der Waals surface area contributed by atoms with Crippen LogP contribution in [0.5, 0.6) is 5.88 Å². The number of aliphatic hydroxyl groups is 1. The molecule has 2 fully saturated rings. The van der Waals surface area contributed by atoms with Crippen molar-refractivity contribution in [1.82, 2.24) is 9.55 Å². The maximum Gasteiger partial charge on any atom is 0.351 e. The summed E-state index contributed by atoms with van der Waals surface area (Å²) in [6, 6.07) is 7.83. The van der Waals surface area contributed by atoms with E-state index in [0.717, 1.165) is 41.6 Å². The van der Waals surface area contributed by atoms with Gasteiger partial charge in [-0.05, 0) is 43.4 Å². The van der Waals surface area contributed by atoms with Crippen LogP contribution in [0.4, 0.5) is 0 Å². The summed E-state index contributed by atoms with van der Waals surface area (Å²) in [5.74, 6) is 6.54. The molecule has 4 heterocycles. The summed E-state index contributed by atoms with van der Waals surface area (Å²) in [4.78, 5) is 16.9. The van der Waals surface area contributed by atoms with Gasteiger partial charge in [0.25, 0.3) is 0 Å². The molecule has 2 atom stereocenters. The average Bonchev–Trinajstić information content (AvgIpc) is 3.18. The van der Waals surface area contributed by atoms with Crippen LogP contribution in [-0.4, -0.2) is 66.0 Å². The number of fused-ring (bicyclic) bond motifs is 3. The van der Waals surface area contributed by atoms with E-state index in [1.54, 1.807) is 4.57 Å². The van der Waals surface area contributed by atoms with Gasteiger partial charge in [-0.15, -0.1) is 0 Å². The number of aryl methyl sites for hydroxylation is 1. The SMILES string of the molecule is O=c1nc(OC[C@H]2COCCO2)cc2n1CCCc1cc(C#CC3(O)CCCOCC3)ccc1-2. The number of benzene rings is 1. The highest BCUT2D eigenvalue weighted by Gasteiger charge is 2.26. The van der Waals surface area contributed by atoms with Crippen LogP contribution in [0.3, 0.4) is 0 Å². The fourth-order valence-electron chi connectivity index (χ4n) is 4.61. The summed E-state index contributed by atoms with van der Waals surface area (Å²) in [5, 5.41) is 10.8. The molecule has 1 N–H and O–H groups in total. The third kappa shape index (κ3) is 5.34. The molecule has 5 rings (SSSR count). The van der Waals surface area contributed by atoms with Crippen LogP contribution >= 0.6 is 0 Å². The molecule has 0 saturated carbocycles. The van der Waals surface area contributed by atoms with Gasteiger partial charge in [-0.3, -0.25) is 4.57 Å². The van der Waals surface area contributed by atoms with E-state index in [0.29, 0.717) is 58.3 Å². The Kier molecular flexibility index (Phi) is 6.97. The molecule has 0 radical (unpaired) electrons. The lowest BCUT2D eigenvalue weighted by molar-refractivity contribution is -0.102. The molecule has 0 aliphatic carbocycles. The predicted molar refractivity (Wildman–Crippen MR) is 125 cm³/mol. The van der Waals surface area contributed by atoms with E-state index in [1.807, 2.05) is 18.2 Å². The molecular weight excluding hydrogens is 436 g/mol. The zero-order chi connectivity index (χ0) is 23.4. The molecule has 0 bridgehead atoms. The maximum atomic E-state index is 12.8. The van der Waals surface area contributed by atoms with Gasteiger partial charge in [0.2, 0.25) is 5.88 Å². The van der Waals surface area contributed by atoms with E-state index in [9.17, 15) is 9.90 Å². The van der Waals surface area contributed by atoms with Gasteiger partial charge in [-0.25, -0.2) is 4.79 Å². The second-order valence-corrected chi connectivity index (χ2v) is 9.02. The third-order valence-corrected chi connectivity index (χ3v) is 6.48. The zero-order valence-corrected chi connectivity index (χ0v) is 19.3. The molecule has 2 saturated heterocycles. The normalized spacial score (nSPS) is 24.6. The van der Waals surface area contributed by atoms with E-state index < -0.39 is 5.60 Å². The van der Waals surface area contributed by atoms with E-state index in [1.165, 1.54) is 0 Å². The minimum atomic E-state index is -1.01. The number of nitrogens with zero attached hydrogens (tertiary/aromatic N) is 2. The second kappa shape index (κ2) is 10.3. The first-order valence-corrected chi connectivity index (χ1v) is 12.0. The summed E-state index contributed by atoms with van der Waals surface area (Å²) in [6.45, 7) is 3.67. The quantitative estimate of drug-likeness (QED) is 0.691. The molecule has 3 aliphatic heterocycles. The molecule has 2 aromatic rings. The molecule has 1 unspecified atom stereocenters. The zero-order valence-electron chi connectivity index (χ0n) is 19.3. The highest BCUT2D eigenvalue weighted by atomic mass is 16.6. The van der Waals surface area contributed by atoms with Gasteiger partial charge in [0.1, 0.15) is 18.3 Å². The molecule has 1 aromatic heterocycles. The third-order valence-electron chi connectivity index (χ3n) is 6.48. The van der Waals surface area contributed by atoms with Gasteiger partial charge in [-0.2, -0.15) is 4.98 Å². The molecule has 34 heavy (non-hydrogen) atoms. The second-order valence-electron chi connectivity index (χ2n) is 9.02. The minimum Gasteiger partial charge on any atom is -0.475 e. The number of hydrogen-bond donors (Lipinski definition) is 1. The first kappa shape index (κ1) is 23.1. The smallest absolute Gasteiger partial charge is 0.351 e. The van der Waals surface area contributed by atoms with Crippen LogP contribution in [0.2, 0.25) is 0 Å². The van der Waals surface area contributed by atoms with Gasteiger partial charge in [-0.1, -0.05) is 17.9 Å². The van der Waals surface area contributed by atoms with Gasteiger partial charge in [0.15, 0.2) is 0 Å². The molecule has 180 valence electrons. The van der Waals surface area contributed by atoms with Crippen molar-refractivity contribution in [2.45, 2.75) is 50.4 Å². The van der Waals surface area contributed by atoms with Crippen molar-refractivity contribution in [3.05, 3.63) is 45.9 Å². The number of ether oxygens (including phenoxy) is 4. The van der Waals surface area contributed by atoms with Crippen LogP contribution < -0.4 is 10.4 Å². The summed E-state index contributed by atoms with van der Waals surface area (Å²) in [5.41, 5.74) is 2.42. The van der Waals surface area contributed by atoms with Gasteiger partial charge in [0.05, 0.1) is 32.1 Å². The van der Waals surface area contributed by atoms with Crippen molar-refractivity contribution in [2.75, 3.05) is 39.6 Å². The molecular formula is C26H30N2O6. The van der Waals surface area contributed by atoms with Crippen molar-refractivity contribution in [3.8, 4) is 29.0 Å². The van der Waals surface area contributed by atoms with Crippen LogP contribution in [0, 0.1) is 11.8 Å². The van der Waals surface area contributed by atoms with Crippen LogP contribution in [0.15, 0.2) is 29.1 Å². The topological polar surface area (TPSA) is 92.0 Å². The first-order chi connectivity index (χ1) is 16.6. The Balaban J connectivity index is 1.40. The Morgan fingerprint density at radius 1 is 1.15 bits per heavy atom. The fourth-order valence-corrected chi connectivity index (χ4v) is 4.61. The van der Waals surface area contributed by atoms with Crippen molar-refractivity contribution >= 4 is 0 Å². The molecule has 1 aromatic carbocycles. The maximum absolute atomic E-state index is 12.8. The lowest BCUT2D eigenvalue weighted by atomic mass is 9.94. The molecule has 3 aliphatic rings. The molecule has 0 amide bonds. The monoisotopic (exact) mass is 466 g/mol. The van der Waals surface area contributed by atoms with Crippen LogP contribution in [-0.2, 0) is 27.2 Å². The van der Waals surface area contributed by atoms with Crippen molar-refractivity contribution in [3.63, 3.8) is 0 Å². The van der Waals surface area contributed by atoms with Crippen molar-refractivity contribution in [1.29, 1.82) is 0 Å². The average molecular weight is 467 g/mol. The lowest BCUT2D eigenvalue weighted by Crippen LogP contribution is -2.34. The molecule has 8 heteroatoms. The van der Waals surface area contributed by atoms with E-state index in [4.69, 9.17) is 18.9 Å². The Morgan fingerprint density at radius 3 is 2.97 bits per heavy atom. The Hall–Kier alpha value is -2.70. The first-order valence-electron chi connectivity index (χ1n) is 12.0. The minimum absolute atomic E-state index is 0.166. The predicted octanol–water partition coefficient (Wildman–Crippen LogP) is 1.93. The van der Waals surface area contributed by atoms with Crippen molar-refractivity contribution in [2.24, 2.45) is 0 Å². The lowest BCUT2D eigenvalue weighted by Gasteiger charge is -2.22. The van der Waals surface area contributed by atoms with Gasteiger partial charge in [0, 0.05) is 36.8 Å². The Labute approximate surface area is 198 Å². The molecule has 8 nitrogen and oxygen atoms in total. The summed E-state index contributed by atoms with van der Waals surface area (Å²) in [7, 11) is 0. The highest BCUT2D eigenvalue weighted by Crippen LogP contribution is 2.30. The van der Waals surface area contributed by atoms with E-state index in [-0.39, 0.29) is 18.4 Å². The fraction of sp³-hybridized carbons (Fsp3) is 0.538. The number of rotatable bonds is 3. The summed E-state index contributed by atoms with van der Waals surface area (Å²) in [6.07, 6.45) is 3.43. The van der Waals surface area contributed by atoms with Crippen LogP contribution in [0.25, 0.3) is 11.3 Å². The van der Waals surface area contributed by atoms with Gasteiger partial charge < -0.3 is 24.1 Å².